The van der Waals surface area contributed by atoms with Crippen molar-refractivity contribution in [3.63, 3.8) is 0 Å². The molecule has 0 aromatic heterocycles. The molecule has 420 valence electrons. The molecular formula is C66H121NO5. The van der Waals surface area contributed by atoms with E-state index in [0.29, 0.717) is 19.4 Å². The number of hydrogen-bond donors (Lipinski definition) is 3. The molecule has 6 heteroatoms. The molecule has 3 N–H and O–H groups in total. The fourth-order valence-electron chi connectivity index (χ4n) is 9.40. The van der Waals surface area contributed by atoms with E-state index < -0.39 is 12.1 Å². The van der Waals surface area contributed by atoms with E-state index in [-0.39, 0.29) is 18.5 Å². The highest BCUT2D eigenvalue weighted by Gasteiger charge is 2.18. The Morgan fingerprint density at radius 2 is 0.694 bits per heavy atom. The molecule has 0 saturated heterocycles. The number of amides is 1. The van der Waals surface area contributed by atoms with E-state index in [0.717, 1.165) is 57.8 Å². The Kier molecular flexibility index (Phi) is 59.0. The highest BCUT2D eigenvalue weighted by Crippen LogP contribution is 2.16. The SMILES string of the molecule is CCCCC/C=C\C/C=C\CCCCCCCC(=O)OCCCCCCCCCCC/C=C\C/C=C\CCCCCCCCCCCCCC(=O)NC(CO)C(O)/C=C/CCCCCCCCCCCCC. The fraction of sp³-hybridized carbons (Fsp3) is 0.818. The first kappa shape index (κ1) is 69.6. The summed E-state index contributed by atoms with van der Waals surface area (Å²) >= 11 is 0. The summed E-state index contributed by atoms with van der Waals surface area (Å²) in [5.41, 5.74) is 0. The molecule has 0 rings (SSSR count). The van der Waals surface area contributed by atoms with Gasteiger partial charge in [0.15, 0.2) is 0 Å². The van der Waals surface area contributed by atoms with Crippen molar-refractivity contribution in [3.05, 3.63) is 60.8 Å². The second-order valence-electron chi connectivity index (χ2n) is 21.4. The summed E-state index contributed by atoms with van der Waals surface area (Å²) < 4.78 is 5.47. The van der Waals surface area contributed by atoms with Crippen LogP contribution in [-0.2, 0) is 14.3 Å². The van der Waals surface area contributed by atoms with Gasteiger partial charge in [0.2, 0.25) is 5.91 Å². The Hall–Kier alpha value is -2.44. The van der Waals surface area contributed by atoms with Gasteiger partial charge in [0.1, 0.15) is 0 Å². The Balaban J connectivity index is 3.44. The summed E-state index contributed by atoms with van der Waals surface area (Å²) in [6, 6.07) is -0.631. The minimum absolute atomic E-state index is 0.00439. The van der Waals surface area contributed by atoms with Crippen LogP contribution in [0.1, 0.15) is 322 Å². The van der Waals surface area contributed by atoms with Crippen LogP contribution in [-0.4, -0.2) is 47.4 Å². The van der Waals surface area contributed by atoms with Gasteiger partial charge in [0.05, 0.1) is 25.4 Å². The van der Waals surface area contributed by atoms with E-state index in [1.54, 1.807) is 6.08 Å². The highest BCUT2D eigenvalue weighted by molar-refractivity contribution is 5.76. The first-order valence-corrected chi connectivity index (χ1v) is 31.6. The standard InChI is InChI=1S/C66H121NO5/c1-3-5-7-9-11-13-15-17-31-36-40-44-48-52-56-60-66(71)72-61-57-53-49-45-41-37-33-30-28-26-24-22-20-18-19-21-23-25-27-29-32-35-39-43-47-51-55-59-65(70)67-63(62-68)64(69)58-54-50-46-42-38-34-16-14-12-10-8-6-4-2/h11,13,17-19,22,24,31,54,58,63-64,68-69H,3-10,12,14-16,20-21,23,25-30,32-53,55-57,59-62H2,1-2H3,(H,67,70)/b13-11-,19-18-,24-22-,31-17-,58-54+. The van der Waals surface area contributed by atoms with Crippen molar-refractivity contribution in [1.82, 2.24) is 5.32 Å². The van der Waals surface area contributed by atoms with Crippen LogP contribution in [0.2, 0.25) is 0 Å². The number of aliphatic hydroxyl groups is 2. The van der Waals surface area contributed by atoms with Gasteiger partial charge in [0, 0.05) is 12.8 Å². The van der Waals surface area contributed by atoms with E-state index in [4.69, 9.17) is 4.74 Å². The maximum atomic E-state index is 12.4. The fourth-order valence-corrected chi connectivity index (χ4v) is 9.40. The average molecular weight is 1010 g/mol. The molecule has 0 aromatic carbocycles. The molecule has 72 heavy (non-hydrogen) atoms. The Morgan fingerprint density at radius 1 is 0.389 bits per heavy atom. The van der Waals surface area contributed by atoms with Gasteiger partial charge >= 0.3 is 5.97 Å². The van der Waals surface area contributed by atoms with Gasteiger partial charge in [-0.25, -0.2) is 0 Å². The zero-order chi connectivity index (χ0) is 52.2. The van der Waals surface area contributed by atoms with E-state index in [1.165, 1.54) is 238 Å². The van der Waals surface area contributed by atoms with Crippen molar-refractivity contribution in [3.8, 4) is 0 Å². The third kappa shape index (κ3) is 56.8. The van der Waals surface area contributed by atoms with Crippen LogP contribution in [0.3, 0.4) is 0 Å². The van der Waals surface area contributed by atoms with Gasteiger partial charge < -0.3 is 20.3 Å². The molecule has 2 unspecified atom stereocenters. The predicted octanol–water partition coefficient (Wildman–Crippen LogP) is 19.9. The number of allylic oxidation sites excluding steroid dienone is 9. The predicted molar refractivity (Wildman–Crippen MR) is 315 cm³/mol. The quantitative estimate of drug-likeness (QED) is 0.0320. The molecule has 0 saturated carbocycles. The average Bonchev–Trinajstić information content (AvgIpc) is 3.38. The van der Waals surface area contributed by atoms with Crippen LogP contribution in [0.4, 0.5) is 0 Å². The molecule has 0 aliphatic carbocycles. The van der Waals surface area contributed by atoms with E-state index in [1.807, 2.05) is 6.08 Å². The molecule has 0 heterocycles. The van der Waals surface area contributed by atoms with Crippen molar-refractivity contribution in [2.24, 2.45) is 0 Å². The van der Waals surface area contributed by atoms with Gasteiger partial charge in [-0.1, -0.05) is 274 Å². The van der Waals surface area contributed by atoms with Crippen molar-refractivity contribution >= 4 is 11.9 Å². The van der Waals surface area contributed by atoms with E-state index in [2.05, 4.69) is 67.8 Å². The third-order valence-electron chi connectivity index (χ3n) is 14.3. The first-order valence-electron chi connectivity index (χ1n) is 31.6. The second kappa shape index (κ2) is 61.1. The summed E-state index contributed by atoms with van der Waals surface area (Å²) in [5.74, 6) is -0.0762. The monoisotopic (exact) mass is 1010 g/mol. The summed E-state index contributed by atoms with van der Waals surface area (Å²) in [4.78, 5) is 24.5. The number of esters is 1. The normalized spacial score (nSPS) is 13.0. The zero-order valence-electron chi connectivity index (χ0n) is 47.9. The van der Waals surface area contributed by atoms with Crippen LogP contribution in [0.15, 0.2) is 60.8 Å². The minimum Gasteiger partial charge on any atom is -0.466 e. The van der Waals surface area contributed by atoms with Crippen molar-refractivity contribution in [1.29, 1.82) is 0 Å². The number of nitrogens with one attached hydrogen (secondary N) is 1. The topological polar surface area (TPSA) is 95.9 Å². The van der Waals surface area contributed by atoms with Gasteiger partial charge in [-0.3, -0.25) is 9.59 Å². The lowest BCUT2D eigenvalue weighted by Crippen LogP contribution is -2.45. The van der Waals surface area contributed by atoms with Gasteiger partial charge in [-0.15, -0.1) is 0 Å². The van der Waals surface area contributed by atoms with Gasteiger partial charge in [-0.05, 0) is 96.3 Å². The number of aliphatic hydroxyl groups excluding tert-OH is 2. The molecule has 1 amide bonds. The number of carbonyl (C=O) groups excluding carboxylic acids is 2. The number of unbranched alkanes of at least 4 members (excludes halogenated alkanes) is 39. The molecular weight excluding hydrogens is 887 g/mol. The zero-order valence-corrected chi connectivity index (χ0v) is 47.9. The first-order chi connectivity index (χ1) is 35.5. The maximum Gasteiger partial charge on any atom is 0.305 e. The molecule has 0 fully saturated rings. The summed E-state index contributed by atoms with van der Waals surface area (Å²) in [6.45, 7) is 4.86. The summed E-state index contributed by atoms with van der Waals surface area (Å²) in [5, 5.41) is 23.1. The third-order valence-corrected chi connectivity index (χ3v) is 14.3. The van der Waals surface area contributed by atoms with E-state index >= 15 is 0 Å². The molecule has 0 aliphatic rings. The number of ether oxygens (including phenoxy) is 1. The van der Waals surface area contributed by atoms with Gasteiger partial charge in [-0.2, -0.15) is 0 Å². The molecule has 0 aromatic rings. The smallest absolute Gasteiger partial charge is 0.305 e. The molecule has 0 spiro atoms. The Labute approximate surface area is 448 Å². The second-order valence-corrected chi connectivity index (χ2v) is 21.4. The number of carbonyl (C=O) groups is 2. The molecule has 0 aliphatic heterocycles. The van der Waals surface area contributed by atoms with Crippen molar-refractivity contribution < 1.29 is 24.5 Å². The maximum absolute atomic E-state index is 12.4. The van der Waals surface area contributed by atoms with Crippen LogP contribution in [0.5, 0.6) is 0 Å². The lowest BCUT2D eigenvalue weighted by Gasteiger charge is -2.20. The largest absolute Gasteiger partial charge is 0.466 e. The van der Waals surface area contributed by atoms with Crippen molar-refractivity contribution in [2.45, 2.75) is 334 Å². The number of rotatable bonds is 58. The van der Waals surface area contributed by atoms with E-state index in [9.17, 15) is 19.8 Å². The molecule has 2 atom stereocenters. The Bertz CT molecular complexity index is 1250. The Morgan fingerprint density at radius 3 is 1.08 bits per heavy atom. The highest BCUT2D eigenvalue weighted by atomic mass is 16.5. The lowest BCUT2D eigenvalue weighted by atomic mass is 10.0. The minimum atomic E-state index is -0.847. The van der Waals surface area contributed by atoms with Gasteiger partial charge in [0.25, 0.3) is 0 Å². The molecule has 6 nitrogen and oxygen atoms in total. The lowest BCUT2D eigenvalue weighted by molar-refractivity contribution is -0.143. The number of hydrogen-bond acceptors (Lipinski definition) is 5. The molecule has 0 radical (unpaired) electrons. The van der Waals surface area contributed by atoms with Crippen LogP contribution in [0.25, 0.3) is 0 Å². The molecule has 0 bridgehead atoms. The summed E-state index contributed by atoms with van der Waals surface area (Å²) in [7, 11) is 0. The van der Waals surface area contributed by atoms with Crippen LogP contribution >= 0.6 is 0 Å². The van der Waals surface area contributed by atoms with Crippen LogP contribution < -0.4 is 5.32 Å². The summed E-state index contributed by atoms with van der Waals surface area (Å²) in [6.07, 6.45) is 79.8. The van der Waals surface area contributed by atoms with Crippen LogP contribution in [0, 0.1) is 0 Å². The van der Waals surface area contributed by atoms with Crippen molar-refractivity contribution in [2.75, 3.05) is 13.2 Å².